The number of imidazole rings is 2. The number of anilines is 1. The fraction of sp³-hybridized carbons (Fsp3) is 0.653. The summed E-state index contributed by atoms with van der Waals surface area (Å²) in [4.78, 5) is 121. The Kier molecular flexibility index (Phi) is 25.5. The fourth-order valence-corrected chi connectivity index (χ4v) is 19.4. The second kappa shape index (κ2) is 32.5. The summed E-state index contributed by atoms with van der Waals surface area (Å²) in [6.45, 7) is 21.1. The van der Waals surface area contributed by atoms with Crippen LogP contribution in [0.25, 0.3) is 43.5 Å². The van der Waals surface area contributed by atoms with Crippen LogP contribution in [0.15, 0.2) is 65.4 Å². The van der Waals surface area contributed by atoms with Crippen molar-refractivity contribution in [3.63, 3.8) is 0 Å². The summed E-state index contributed by atoms with van der Waals surface area (Å²) in [5.74, 6) is -6.60. The van der Waals surface area contributed by atoms with Crippen molar-refractivity contribution >= 4 is 77.2 Å². The first-order valence-electron chi connectivity index (χ1n) is 36.4. The summed E-state index contributed by atoms with van der Waals surface area (Å²) >= 11 is 0. The van der Waals surface area contributed by atoms with Crippen molar-refractivity contribution in [1.82, 2.24) is 29.8 Å². The van der Waals surface area contributed by atoms with E-state index < -0.39 is 186 Å². The van der Waals surface area contributed by atoms with Gasteiger partial charge in [-0.25, -0.2) is 24.5 Å². The molecule has 3 aromatic heterocycles. The molecule has 0 saturated carbocycles. The minimum atomic E-state index is -5.06. The van der Waals surface area contributed by atoms with Gasteiger partial charge in [-0.1, -0.05) is 53.6 Å². The molecule has 109 heavy (non-hydrogen) atoms. The number of aryl methyl sites for hydroxylation is 2. The minimum absolute atomic E-state index is 0. The van der Waals surface area contributed by atoms with Gasteiger partial charge in [-0.05, 0) is 136 Å². The zero-order chi connectivity index (χ0) is 79.6. The molecule has 22 atom stereocenters. The van der Waals surface area contributed by atoms with Crippen molar-refractivity contribution in [2.75, 3.05) is 18.9 Å². The van der Waals surface area contributed by atoms with Crippen LogP contribution in [0.4, 0.5) is 5.82 Å². The molecular weight excluding hydrogens is 1480 g/mol. The summed E-state index contributed by atoms with van der Waals surface area (Å²) in [5, 5.41) is 66.6. The summed E-state index contributed by atoms with van der Waals surface area (Å²) in [6.07, 6.45) is -4.33. The number of carbonyl (C=O) groups is 7. The zero-order valence-electron chi connectivity index (χ0n) is 63.4. The Hall–Kier alpha value is -7.71. The van der Waals surface area contributed by atoms with Crippen LogP contribution in [0.1, 0.15) is 163 Å². The normalized spacial score (nSPS) is 35.6. The third-order valence-corrected chi connectivity index (χ3v) is 25.5. The van der Waals surface area contributed by atoms with Crippen LogP contribution < -0.4 is 55.0 Å². The van der Waals surface area contributed by atoms with Gasteiger partial charge in [0.15, 0.2) is 23.9 Å². The van der Waals surface area contributed by atoms with Crippen molar-refractivity contribution in [1.29, 1.82) is 0 Å². The molecule has 7 aliphatic heterocycles. The number of nitrogens with zero attached hydrogens (tertiary/aromatic N) is 10. The summed E-state index contributed by atoms with van der Waals surface area (Å²) in [6, 6.07) is 0.417. The predicted octanol–water partition coefficient (Wildman–Crippen LogP) is 2.94. The number of amides is 7. The van der Waals surface area contributed by atoms with E-state index in [0.717, 1.165) is 11.1 Å². The number of rotatable bonds is 27. The summed E-state index contributed by atoms with van der Waals surface area (Å²) in [7, 11) is -5.06. The van der Waals surface area contributed by atoms with E-state index in [2.05, 4.69) is 25.3 Å². The van der Waals surface area contributed by atoms with Gasteiger partial charge in [0.25, 0.3) is 0 Å². The Morgan fingerprint density at radius 1 is 0.734 bits per heavy atom. The second-order valence-electron chi connectivity index (χ2n) is 31.8. The van der Waals surface area contributed by atoms with E-state index in [1.165, 1.54) is 25.9 Å². The van der Waals surface area contributed by atoms with E-state index in [1.54, 1.807) is 16.1 Å². The number of ether oxygens (including phenoxy) is 2. The monoisotopic (exact) mass is 1580 g/mol. The molecule has 6 saturated heterocycles. The number of carbonyl (C=O) groups excluding carboxylic acids is 7. The molecule has 1 radical (unpaired) electrons. The van der Waals surface area contributed by atoms with Gasteiger partial charge in [-0.15, -0.1) is 34.8 Å². The first-order valence-corrected chi connectivity index (χ1v) is 37.9. The van der Waals surface area contributed by atoms with Gasteiger partial charge >= 0.3 is 7.82 Å². The maximum absolute atomic E-state index is 14.4. The standard InChI is InChI=1S/C62H92N13O14P.C10H13N5O3.Co/c1-29-20-39-40(21-30(29)2)75(28-70-39)57-52(84)53(41(27-76)87-57)89-90(85,86)88-31(3)26-69-49(83)18-19-59(8)37(22-46(66)80)56-62(11)61(10,25-48(68)82)36(14-17-45(65)79)51(74-62)33(5)55-60(9,24-47(67)81)34(12-15-43(63)77)38(71-55)23-42-58(6,7)35(13-16-44(64)78)50(72-42)32(4)54(59)73-56;1-4-6(16)7(17)10(18-4)15-3-14-5-8(11)12-2-13-9(5)15;/h20-21,23,28,31,34-38,41,50-53,56-57,76,84H,12-19,22,24-27H2,1-11H3,(H14,63,64,65,66,67,68,69,77,78,79,80,81,82,83,85,86);2-4,6-7,10,16-17H,1H3,(H2,11,12,13);/q-4;;/b42-23-,54-32-,55-33-;;/t31-,34-,35-,36-,37+,38?,41-,50?,51?,52-,53-,56?,57+,59-,60+,61+,62+;4-,6-,7-,10-;/m11./s1. The average Bonchev–Trinajstić information content (AvgIpc) is 1.53. The molecule has 37 heteroatoms. The number of aliphatic hydroxyl groups is 4. The average molecular weight is 1580 g/mol. The van der Waals surface area contributed by atoms with Gasteiger partial charge in [0.1, 0.15) is 42.4 Å². The van der Waals surface area contributed by atoms with Crippen molar-refractivity contribution in [2.45, 2.75) is 239 Å². The Labute approximate surface area is 642 Å². The summed E-state index contributed by atoms with van der Waals surface area (Å²) < 4.78 is 39.3. The van der Waals surface area contributed by atoms with Crippen LogP contribution in [0, 0.1) is 59.2 Å². The number of aromatic nitrogens is 6. The third-order valence-electron chi connectivity index (χ3n) is 24.3. The van der Waals surface area contributed by atoms with Crippen LogP contribution in [0.3, 0.4) is 0 Å². The number of aliphatic hydroxyl groups excluding tert-OH is 4. The SMILES string of the molecule is C/C1=C2/[N-]C([C@H](CC(N)=O)[C@@]2(C)CCC(=O)NC[C@@H](C)OP(=O)(O)O[C@H]2[C@@H](O)[C@@H]([n+]3c[n-]c4cc(C)c(C)cc43)O[C@@H]2CO)[C@]2(C)[N-]C(/C(C)=C3\[N-]C(/C=C4\[N-]C1[C@@H](CCC(N)=O)C4(C)C)[C@@H](CCC(N)=O)[C@]3(C)CC(N)=O)[C@@H](CCC(N)=O)[C@]2(C)CC(N)=O.C[C@H]1O[C@@H](n2cnc3c(N)ncnc32)[C@H](O)[C@@H]1O.[Co]. The summed E-state index contributed by atoms with van der Waals surface area (Å²) in [5.41, 5.74) is 42.8. The van der Waals surface area contributed by atoms with Crippen LogP contribution in [-0.4, -0.2) is 172 Å². The number of benzene rings is 1. The number of nitrogen functional groups attached to an aromatic ring is 1. The molecule has 7 amide bonds. The van der Waals surface area contributed by atoms with Crippen molar-refractivity contribution in [2.24, 2.45) is 79.7 Å². The molecule has 6 fully saturated rings. The zero-order valence-corrected chi connectivity index (χ0v) is 65.3. The first-order chi connectivity index (χ1) is 50.4. The van der Waals surface area contributed by atoms with Gasteiger partial charge in [-0.3, -0.25) is 47.2 Å². The number of primary amides is 6. The van der Waals surface area contributed by atoms with Gasteiger partial charge < -0.3 is 106 Å². The fourth-order valence-electron chi connectivity index (χ4n) is 18.2. The number of fused-ring (bicyclic) bond motifs is 11. The molecule has 20 N–H and O–H groups in total. The number of nitrogens with one attached hydrogen (secondary N) is 1. The van der Waals surface area contributed by atoms with E-state index in [4.69, 9.17) is 79.9 Å². The topological polar surface area (TPSA) is 587 Å². The van der Waals surface area contributed by atoms with Crippen LogP contribution >= 0.6 is 7.82 Å². The quantitative estimate of drug-likeness (QED) is 0.0301. The Balaban J connectivity index is 0.000000623. The molecule has 0 spiro atoms. The smallest absolute Gasteiger partial charge is 0.472 e. The maximum Gasteiger partial charge on any atom is 0.472 e. The molecule has 7 aliphatic rings. The minimum Gasteiger partial charge on any atom is -0.685 e. The van der Waals surface area contributed by atoms with E-state index in [1.807, 2.05) is 87.4 Å². The Bertz CT molecular complexity index is 4310. The van der Waals surface area contributed by atoms with Gasteiger partial charge in [0, 0.05) is 68.3 Å². The van der Waals surface area contributed by atoms with Crippen molar-refractivity contribution in [3.05, 3.63) is 97.8 Å². The Morgan fingerprint density at radius 3 is 1.94 bits per heavy atom. The van der Waals surface area contributed by atoms with Crippen LogP contribution in [0.5, 0.6) is 0 Å². The molecular formula is C72H105CoN18O17P-4. The van der Waals surface area contributed by atoms with Gasteiger partial charge in [0.2, 0.25) is 41.4 Å². The number of hydrogen-bond donors (Lipinski definition) is 13. The second-order valence-corrected chi connectivity index (χ2v) is 33.2. The van der Waals surface area contributed by atoms with Crippen LogP contribution in [0.2, 0.25) is 0 Å². The maximum atomic E-state index is 14.4. The molecule has 4 aromatic rings. The molecule has 11 rings (SSSR count). The van der Waals surface area contributed by atoms with Crippen molar-refractivity contribution < 1.29 is 103 Å². The first kappa shape index (κ1) is 85.3. The van der Waals surface area contributed by atoms with E-state index in [9.17, 15) is 63.4 Å². The third kappa shape index (κ3) is 16.5. The molecule has 5 unspecified atom stereocenters. The molecule has 35 nitrogen and oxygen atoms in total. The van der Waals surface area contributed by atoms with Gasteiger partial charge in [0.05, 0.1) is 42.5 Å². The van der Waals surface area contributed by atoms with E-state index >= 15 is 0 Å². The van der Waals surface area contributed by atoms with E-state index in [-0.39, 0.29) is 99.8 Å². The number of allylic oxidation sites excluding steroid dienone is 3. The number of phosphoric ester groups is 1. The molecule has 0 aliphatic carbocycles. The molecule has 10 heterocycles. The number of hydrogen-bond acceptors (Lipinski definition) is 20. The van der Waals surface area contributed by atoms with Crippen LogP contribution in [-0.2, 0) is 73.4 Å². The van der Waals surface area contributed by atoms with Gasteiger partial charge in [-0.2, -0.15) is 17.1 Å². The Morgan fingerprint density at radius 2 is 1.34 bits per heavy atom. The number of phosphoric acid groups is 1. The molecule has 8 bridgehead atoms. The van der Waals surface area contributed by atoms with E-state index in [0.29, 0.717) is 50.4 Å². The van der Waals surface area contributed by atoms with Crippen molar-refractivity contribution in [3.8, 4) is 0 Å². The predicted molar refractivity (Wildman–Crippen MR) is 392 cm³/mol. The molecule has 1 aromatic carbocycles. The largest absolute Gasteiger partial charge is 0.685 e. The molecule has 603 valence electrons. The number of nitrogens with two attached hydrogens (primary N) is 7.